The molecule has 0 radical (unpaired) electrons. The van der Waals surface area contributed by atoms with Crippen LogP contribution in [0.1, 0.15) is 13.8 Å². The number of ether oxygens (including phenoxy) is 1. The van der Waals surface area contributed by atoms with Crippen LogP contribution >= 0.6 is 12.6 Å². The summed E-state index contributed by atoms with van der Waals surface area (Å²) in [6.07, 6.45) is 0. The number of hydrogen-bond acceptors (Lipinski definition) is 5. The lowest BCUT2D eigenvalue weighted by molar-refractivity contribution is 0.0566. The molecule has 0 spiro atoms. The minimum Gasteiger partial charge on any atom is -0.394 e. The maximum Gasteiger partial charge on any atom is 0.0698 e. The molecular weight excluding hydrogens is 236 g/mol. The van der Waals surface area contributed by atoms with Gasteiger partial charge in [0, 0.05) is 44.0 Å². The van der Waals surface area contributed by atoms with Gasteiger partial charge in [0.2, 0.25) is 0 Å². The van der Waals surface area contributed by atoms with Crippen molar-refractivity contribution >= 4 is 12.6 Å². The Morgan fingerprint density at radius 3 is 2.24 bits per heavy atom. The van der Waals surface area contributed by atoms with Crippen LogP contribution in [0.2, 0.25) is 0 Å². The van der Waals surface area contributed by atoms with Crippen LogP contribution in [0.15, 0.2) is 0 Å². The molecule has 1 aliphatic heterocycles. The zero-order valence-electron chi connectivity index (χ0n) is 11.1. The topological polar surface area (TPSA) is 35.9 Å². The van der Waals surface area contributed by atoms with Crippen molar-refractivity contribution in [2.75, 3.05) is 59.1 Å². The summed E-state index contributed by atoms with van der Waals surface area (Å²) in [7, 11) is 0. The summed E-state index contributed by atoms with van der Waals surface area (Å²) in [6, 6.07) is 0. The summed E-state index contributed by atoms with van der Waals surface area (Å²) >= 11 is 4.57. The van der Waals surface area contributed by atoms with E-state index in [0.717, 1.165) is 45.9 Å². The fourth-order valence-electron chi connectivity index (χ4n) is 2.08. The number of rotatable bonds is 7. The number of thiol groups is 1. The normalized spacial score (nSPS) is 19.8. The fraction of sp³-hybridized carbons (Fsp3) is 1.00. The Labute approximate surface area is 110 Å². The van der Waals surface area contributed by atoms with Gasteiger partial charge in [0.25, 0.3) is 0 Å². The number of hydrogen-bond donors (Lipinski definition) is 2. The van der Waals surface area contributed by atoms with Gasteiger partial charge in [-0.25, -0.2) is 0 Å². The molecule has 1 saturated heterocycles. The minimum atomic E-state index is 0.0897. The Balaban J connectivity index is 2.09. The summed E-state index contributed by atoms with van der Waals surface area (Å²) in [6.45, 7) is 12.1. The molecule has 1 heterocycles. The molecule has 1 fully saturated rings. The minimum absolute atomic E-state index is 0.0897. The van der Waals surface area contributed by atoms with E-state index < -0.39 is 0 Å². The highest BCUT2D eigenvalue weighted by atomic mass is 32.1. The van der Waals surface area contributed by atoms with E-state index in [1.54, 1.807) is 0 Å². The number of aliphatic hydroxyl groups excluding tert-OH is 1. The lowest BCUT2D eigenvalue weighted by atomic mass is 10.1. The first-order chi connectivity index (χ1) is 8.01. The summed E-state index contributed by atoms with van der Waals surface area (Å²) in [4.78, 5) is 4.89. The second-order valence-electron chi connectivity index (χ2n) is 5.27. The highest BCUT2D eigenvalue weighted by Gasteiger charge is 2.21. The van der Waals surface area contributed by atoms with E-state index in [9.17, 15) is 0 Å². The van der Waals surface area contributed by atoms with E-state index in [1.165, 1.54) is 0 Å². The van der Waals surface area contributed by atoms with Crippen molar-refractivity contribution in [2.45, 2.75) is 18.6 Å². The predicted molar refractivity (Wildman–Crippen MR) is 73.8 cm³/mol. The molecule has 17 heavy (non-hydrogen) atoms. The summed E-state index contributed by atoms with van der Waals surface area (Å²) < 4.78 is 5.37. The van der Waals surface area contributed by atoms with Crippen LogP contribution in [0.4, 0.5) is 0 Å². The van der Waals surface area contributed by atoms with Crippen LogP contribution in [0.5, 0.6) is 0 Å². The largest absolute Gasteiger partial charge is 0.394 e. The first-order valence-electron chi connectivity index (χ1n) is 6.37. The van der Waals surface area contributed by atoms with Gasteiger partial charge in [0.15, 0.2) is 0 Å². The standard InChI is InChI=1S/C12H26N2O2S/c1-12(2,17)11-14-5-3-13(4-6-14)7-9-16-10-8-15/h15,17H,3-11H2,1-2H3. The van der Waals surface area contributed by atoms with E-state index >= 15 is 0 Å². The Morgan fingerprint density at radius 2 is 1.71 bits per heavy atom. The van der Waals surface area contributed by atoms with Gasteiger partial charge in [0.1, 0.15) is 0 Å². The molecule has 0 unspecified atom stereocenters. The molecule has 1 rings (SSSR count). The number of nitrogens with zero attached hydrogens (tertiary/aromatic N) is 2. The zero-order chi connectivity index (χ0) is 12.7. The van der Waals surface area contributed by atoms with E-state index in [4.69, 9.17) is 9.84 Å². The summed E-state index contributed by atoms with van der Waals surface area (Å²) in [5.74, 6) is 0. The lowest BCUT2D eigenvalue weighted by Crippen LogP contribution is -2.50. The molecule has 5 heteroatoms. The van der Waals surface area contributed by atoms with Crippen molar-refractivity contribution < 1.29 is 9.84 Å². The average Bonchev–Trinajstić information content (AvgIpc) is 2.25. The van der Waals surface area contributed by atoms with Crippen LogP contribution in [0.25, 0.3) is 0 Å². The van der Waals surface area contributed by atoms with Crippen LogP contribution in [-0.2, 0) is 4.74 Å². The van der Waals surface area contributed by atoms with Crippen LogP contribution in [-0.4, -0.2) is 78.7 Å². The molecule has 0 aromatic heterocycles. The van der Waals surface area contributed by atoms with Gasteiger partial charge in [-0.15, -0.1) is 0 Å². The Kier molecular flexibility index (Phi) is 6.80. The second-order valence-corrected chi connectivity index (χ2v) is 6.48. The lowest BCUT2D eigenvalue weighted by Gasteiger charge is -2.37. The zero-order valence-corrected chi connectivity index (χ0v) is 12.0. The van der Waals surface area contributed by atoms with Crippen molar-refractivity contribution in [2.24, 2.45) is 0 Å². The maximum atomic E-state index is 8.59. The first kappa shape index (κ1) is 15.2. The second kappa shape index (κ2) is 7.59. The molecule has 0 amide bonds. The van der Waals surface area contributed by atoms with Gasteiger partial charge in [-0.05, 0) is 13.8 Å². The Morgan fingerprint density at radius 1 is 1.12 bits per heavy atom. The van der Waals surface area contributed by atoms with E-state index in [-0.39, 0.29) is 11.4 Å². The van der Waals surface area contributed by atoms with Crippen molar-refractivity contribution in [1.29, 1.82) is 0 Å². The third-order valence-electron chi connectivity index (χ3n) is 2.86. The third-order valence-corrected chi connectivity index (χ3v) is 3.00. The van der Waals surface area contributed by atoms with Crippen molar-refractivity contribution in [1.82, 2.24) is 9.80 Å². The number of piperazine rings is 1. The third kappa shape index (κ3) is 7.26. The molecule has 1 N–H and O–H groups in total. The van der Waals surface area contributed by atoms with Crippen LogP contribution in [0, 0.1) is 0 Å². The van der Waals surface area contributed by atoms with Gasteiger partial charge in [-0.2, -0.15) is 12.6 Å². The maximum absolute atomic E-state index is 8.59. The Bertz CT molecular complexity index is 201. The van der Waals surface area contributed by atoms with Gasteiger partial charge in [0.05, 0.1) is 19.8 Å². The van der Waals surface area contributed by atoms with Gasteiger partial charge in [-0.3, -0.25) is 9.80 Å². The highest BCUT2D eigenvalue weighted by Crippen LogP contribution is 2.15. The van der Waals surface area contributed by atoms with Crippen molar-refractivity contribution in [3.63, 3.8) is 0 Å². The highest BCUT2D eigenvalue weighted by molar-refractivity contribution is 7.81. The molecule has 0 bridgehead atoms. The fourth-order valence-corrected chi connectivity index (χ4v) is 2.28. The summed E-state index contributed by atoms with van der Waals surface area (Å²) in [5, 5.41) is 8.59. The Hall–Kier alpha value is 0.190. The average molecular weight is 262 g/mol. The van der Waals surface area contributed by atoms with Crippen molar-refractivity contribution in [3.05, 3.63) is 0 Å². The number of aliphatic hydroxyl groups is 1. The quantitative estimate of drug-likeness (QED) is 0.512. The van der Waals surface area contributed by atoms with Gasteiger partial charge < -0.3 is 9.84 Å². The molecule has 0 aliphatic carbocycles. The molecule has 102 valence electrons. The molecule has 1 aliphatic rings. The molecule has 0 atom stereocenters. The van der Waals surface area contributed by atoms with Gasteiger partial charge in [-0.1, -0.05) is 0 Å². The van der Waals surface area contributed by atoms with E-state index in [0.29, 0.717) is 6.61 Å². The molecule has 0 aromatic carbocycles. The van der Waals surface area contributed by atoms with E-state index in [2.05, 4.69) is 36.3 Å². The van der Waals surface area contributed by atoms with Crippen LogP contribution < -0.4 is 0 Å². The molecule has 0 aromatic rings. The smallest absolute Gasteiger partial charge is 0.0698 e. The predicted octanol–water partition coefficient (Wildman–Crippen LogP) is 0.321. The summed E-state index contributed by atoms with van der Waals surface area (Å²) in [5.41, 5.74) is 0. The monoisotopic (exact) mass is 262 g/mol. The van der Waals surface area contributed by atoms with Gasteiger partial charge >= 0.3 is 0 Å². The van der Waals surface area contributed by atoms with E-state index in [1.807, 2.05) is 0 Å². The van der Waals surface area contributed by atoms with Crippen LogP contribution in [0.3, 0.4) is 0 Å². The molecule has 4 nitrogen and oxygen atoms in total. The molecular formula is C12H26N2O2S. The molecule has 0 saturated carbocycles. The van der Waals surface area contributed by atoms with Crippen molar-refractivity contribution in [3.8, 4) is 0 Å². The first-order valence-corrected chi connectivity index (χ1v) is 6.82. The SMILES string of the molecule is CC(C)(S)CN1CCN(CCOCCO)CC1.